The van der Waals surface area contributed by atoms with Crippen LogP contribution in [0, 0.1) is 0 Å². The molecule has 3 heteroatoms. The first-order valence-corrected chi connectivity index (χ1v) is 6.27. The third-order valence-electron chi connectivity index (χ3n) is 3.05. The molecule has 0 saturated carbocycles. The van der Waals surface area contributed by atoms with Gasteiger partial charge in [-0.25, -0.2) is 4.98 Å². The zero-order valence-electron chi connectivity index (χ0n) is 10.6. The Labute approximate surface area is 110 Å². The van der Waals surface area contributed by atoms with Crippen molar-refractivity contribution in [2.45, 2.75) is 13.3 Å². The second kappa shape index (κ2) is 4.69. The second-order valence-electron chi connectivity index (χ2n) is 4.34. The fourth-order valence-corrected chi connectivity index (χ4v) is 2.01. The van der Waals surface area contributed by atoms with Crippen LogP contribution in [0.5, 0.6) is 0 Å². The fraction of sp³-hybridized carbons (Fsp3) is 0.125. The molecule has 0 aliphatic heterocycles. The zero-order valence-corrected chi connectivity index (χ0v) is 10.6. The van der Waals surface area contributed by atoms with Crippen LogP contribution in [0.4, 0.5) is 0 Å². The Bertz CT molecular complexity index is 729. The molecule has 0 aliphatic rings. The molecule has 0 N–H and O–H groups in total. The topological polar surface area (TPSA) is 43.1 Å². The number of benzene rings is 2. The van der Waals surface area contributed by atoms with Gasteiger partial charge in [-0.15, -0.1) is 0 Å². The van der Waals surface area contributed by atoms with Crippen LogP contribution in [0.2, 0.25) is 0 Å². The van der Waals surface area contributed by atoms with Crippen LogP contribution in [-0.2, 0) is 0 Å². The molecular weight excluding hydrogens is 238 g/mol. The maximum absolute atomic E-state index is 11.7. The number of nitrogens with zero attached hydrogens (tertiary/aromatic N) is 1. The number of carbonyl (C=O) groups is 1. The van der Waals surface area contributed by atoms with E-state index in [2.05, 4.69) is 4.98 Å². The minimum Gasteiger partial charge on any atom is -0.436 e. The Morgan fingerprint density at radius 1 is 1.16 bits per heavy atom. The third kappa shape index (κ3) is 2.15. The average molecular weight is 251 g/mol. The summed E-state index contributed by atoms with van der Waals surface area (Å²) < 4.78 is 5.73. The maximum Gasteiger partial charge on any atom is 0.227 e. The number of ketones is 1. The monoisotopic (exact) mass is 251 g/mol. The molecule has 1 aromatic heterocycles. The van der Waals surface area contributed by atoms with Gasteiger partial charge >= 0.3 is 0 Å². The lowest BCUT2D eigenvalue weighted by Gasteiger charge is -1.95. The highest BCUT2D eigenvalue weighted by Gasteiger charge is 2.10. The zero-order chi connectivity index (χ0) is 13.2. The number of hydrogen-bond donors (Lipinski definition) is 0. The maximum atomic E-state index is 11.7. The highest BCUT2D eigenvalue weighted by Crippen LogP contribution is 2.25. The Hall–Kier alpha value is -2.42. The fourth-order valence-electron chi connectivity index (χ4n) is 2.01. The minimum absolute atomic E-state index is 0.111. The van der Waals surface area contributed by atoms with Crippen molar-refractivity contribution in [3.8, 4) is 11.5 Å². The summed E-state index contributed by atoms with van der Waals surface area (Å²) in [4.78, 5) is 16.1. The summed E-state index contributed by atoms with van der Waals surface area (Å²) in [7, 11) is 0. The lowest BCUT2D eigenvalue weighted by molar-refractivity contribution is 0.0988. The Kier molecular flexibility index (Phi) is 2.88. The molecule has 0 unspecified atom stereocenters. The molecule has 3 aromatic rings. The van der Waals surface area contributed by atoms with Crippen LogP contribution in [-0.4, -0.2) is 10.8 Å². The first-order valence-electron chi connectivity index (χ1n) is 6.27. The Morgan fingerprint density at radius 3 is 2.68 bits per heavy atom. The molecule has 2 aromatic carbocycles. The molecule has 1 heterocycles. The Morgan fingerprint density at radius 2 is 1.95 bits per heavy atom. The van der Waals surface area contributed by atoms with Crippen molar-refractivity contribution in [3.05, 3.63) is 54.1 Å². The molecular formula is C16H13NO2. The average Bonchev–Trinajstić information content (AvgIpc) is 2.90. The minimum atomic E-state index is 0.111. The van der Waals surface area contributed by atoms with Gasteiger partial charge in [0, 0.05) is 17.5 Å². The van der Waals surface area contributed by atoms with E-state index in [9.17, 15) is 4.79 Å². The van der Waals surface area contributed by atoms with E-state index < -0.39 is 0 Å². The number of hydrogen-bond acceptors (Lipinski definition) is 3. The van der Waals surface area contributed by atoms with Crippen molar-refractivity contribution in [2.75, 3.05) is 0 Å². The molecule has 0 bridgehead atoms. The van der Waals surface area contributed by atoms with E-state index in [-0.39, 0.29) is 5.78 Å². The van der Waals surface area contributed by atoms with E-state index in [1.807, 2.05) is 43.3 Å². The van der Waals surface area contributed by atoms with Gasteiger partial charge in [0.25, 0.3) is 0 Å². The Balaban J connectivity index is 2.09. The van der Waals surface area contributed by atoms with Crippen LogP contribution in [0.3, 0.4) is 0 Å². The van der Waals surface area contributed by atoms with Crippen molar-refractivity contribution in [2.24, 2.45) is 0 Å². The number of rotatable bonds is 3. The first-order chi connectivity index (χ1) is 9.28. The van der Waals surface area contributed by atoms with E-state index in [1.165, 1.54) is 0 Å². The van der Waals surface area contributed by atoms with Gasteiger partial charge in [0.1, 0.15) is 5.52 Å². The number of aromatic nitrogens is 1. The molecule has 0 radical (unpaired) electrons. The lowest BCUT2D eigenvalue weighted by Crippen LogP contribution is -1.95. The van der Waals surface area contributed by atoms with Gasteiger partial charge in [-0.2, -0.15) is 0 Å². The van der Waals surface area contributed by atoms with E-state index in [4.69, 9.17) is 4.42 Å². The van der Waals surface area contributed by atoms with Crippen LogP contribution in [0.1, 0.15) is 23.7 Å². The molecule has 0 aliphatic carbocycles. The standard InChI is InChI=1S/C16H13NO2/c1-2-14(18)12-8-9-13-15(10-12)19-16(17-13)11-6-4-3-5-7-11/h3-10H,2H2,1H3. The van der Waals surface area contributed by atoms with Crippen molar-refractivity contribution in [1.29, 1.82) is 0 Å². The van der Waals surface area contributed by atoms with Gasteiger partial charge in [0.2, 0.25) is 5.89 Å². The number of fused-ring (bicyclic) bond motifs is 1. The molecule has 94 valence electrons. The van der Waals surface area contributed by atoms with E-state index in [1.54, 1.807) is 12.1 Å². The third-order valence-corrected chi connectivity index (χ3v) is 3.05. The molecule has 3 nitrogen and oxygen atoms in total. The molecule has 0 spiro atoms. The molecule has 0 amide bonds. The predicted molar refractivity (Wildman–Crippen MR) is 74.1 cm³/mol. The normalized spacial score (nSPS) is 10.8. The molecule has 0 fully saturated rings. The molecule has 3 rings (SSSR count). The summed E-state index contributed by atoms with van der Waals surface area (Å²) in [5, 5.41) is 0. The van der Waals surface area contributed by atoms with Crippen molar-refractivity contribution in [1.82, 2.24) is 4.98 Å². The SMILES string of the molecule is CCC(=O)c1ccc2nc(-c3ccccc3)oc2c1. The predicted octanol–water partition coefficient (Wildman–Crippen LogP) is 4.09. The summed E-state index contributed by atoms with van der Waals surface area (Å²) >= 11 is 0. The van der Waals surface area contributed by atoms with Gasteiger partial charge in [0.05, 0.1) is 0 Å². The van der Waals surface area contributed by atoms with E-state index >= 15 is 0 Å². The number of oxazole rings is 1. The second-order valence-corrected chi connectivity index (χ2v) is 4.34. The molecule has 0 atom stereocenters. The molecule has 19 heavy (non-hydrogen) atoms. The number of Topliss-reactive ketones (excluding diaryl/α,β-unsaturated/α-hetero) is 1. The summed E-state index contributed by atoms with van der Waals surface area (Å²) in [6.45, 7) is 1.85. The van der Waals surface area contributed by atoms with Crippen LogP contribution in [0.25, 0.3) is 22.6 Å². The summed E-state index contributed by atoms with van der Waals surface area (Å²) in [5.74, 6) is 0.691. The summed E-state index contributed by atoms with van der Waals surface area (Å²) in [5.41, 5.74) is 3.03. The lowest BCUT2D eigenvalue weighted by atomic mass is 10.1. The van der Waals surface area contributed by atoms with Gasteiger partial charge in [-0.3, -0.25) is 4.79 Å². The van der Waals surface area contributed by atoms with Gasteiger partial charge in [-0.05, 0) is 30.3 Å². The molecule has 0 saturated heterocycles. The van der Waals surface area contributed by atoms with Gasteiger partial charge in [0.15, 0.2) is 11.4 Å². The van der Waals surface area contributed by atoms with Gasteiger partial charge < -0.3 is 4.42 Å². The van der Waals surface area contributed by atoms with Crippen molar-refractivity contribution < 1.29 is 9.21 Å². The highest BCUT2D eigenvalue weighted by atomic mass is 16.3. The largest absolute Gasteiger partial charge is 0.436 e. The first kappa shape index (κ1) is 11.7. The van der Waals surface area contributed by atoms with E-state index in [0.29, 0.717) is 23.5 Å². The summed E-state index contributed by atoms with van der Waals surface area (Å²) in [6, 6.07) is 15.1. The summed E-state index contributed by atoms with van der Waals surface area (Å²) in [6.07, 6.45) is 0.491. The van der Waals surface area contributed by atoms with Crippen molar-refractivity contribution >= 4 is 16.9 Å². The van der Waals surface area contributed by atoms with E-state index in [0.717, 1.165) is 11.1 Å². The van der Waals surface area contributed by atoms with Crippen LogP contribution >= 0.6 is 0 Å². The van der Waals surface area contributed by atoms with Gasteiger partial charge in [-0.1, -0.05) is 25.1 Å². The van der Waals surface area contributed by atoms with Crippen LogP contribution in [0.15, 0.2) is 52.9 Å². The highest BCUT2D eigenvalue weighted by molar-refractivity contribution is 5.98. The quantitative estimate of drug-likeness (QED) is 0.658. The van der Waals surface area contributed by atoms with Crippen LogP contribution < -0.4 is 0 Å². The number of carbonyl (C=O) groups excluding carboxylic acids is 1. The van der Waals surface area contributed by atoms with Crippen molar-refractivity contribution in [3.63, 3.8) is 0 Å². The smallest absolute Gasteiger partial charge is 0.227 e.